The van der Waals surface area contributed by atoms with E-state index in [1.807, 2.05) is 56.0 Å². The molecule has 0 aromatic heterocycles. The standard InChI is InChI=1S/C21H25NO4/c1-13(2)26-19-10-17-18(20(25-5)14(19)3)12-22(21(17)23)11-15-6-8-16(24-4)9-7-15/h6-10,13H,11-12H2,1-5H3. The number of hydrogen-bond donors (Lipinski definition) is 0. The molecule has 0 unspecified atom stereocenters. The van der Waals surface area contributed by atoms with Crippen molar-refractivity contribution in [3.63, 3.8) is 0 Å². The van der Waals surface area contributed by atoms with Crippen molar-refractivity contribution < 1.29 is 19.0 Å². The molecule has 0 aliphatic carbocycles. The van der Waals surface area contributed by atoms with Crippen LogP contribution >= 0.6 is 0 Å². The molecule has 0 atom stereocenters. The van der Waals surface area contributed by atoms with Crippen LogP contribution in [0.1, 0.15) is 40.9 Å². The molecule has 5 heteroatoms. The van der Waals surface area contributed by atoms with Crippen LogP contribution in [0.2, 0.25) is 0 Å². The Morgan fingerprint density at radius 1 is 1.12 bits per heavy atom. The number of methoxy groups -OCH3 is 2. The summed E-state index contributed by atoms with van der Waals surface area (Å²) in [5, 5.41) is 0. The molecule has 3 rings (SSSR count). The molecule has 138 valence electrons. The van der Waals surface area contributed by atoms with Crippen LogP contribution in [0.3, 0.4) is 0 Å². The van der Waals surface area contributed by atoms with E-state index < -0.39 is 0 Å². The lowest BCUT2D eigenvalue weighted by Crippen LogP contribution is -2.23. The highest BCUT2D eigenvalue weighted by Gasteiger charge is 2.32. The Bertz CT molecular complexity index is 812. The van der Waals surface area contributed by atoms with Crippen LogP contribution in [0.15, 0.2) is 30.3 Å². The number of carbonyl (C=O) groups excluding carboxylic acids is 1. The van der Waals surface area contributed by atoms with Gasteiger partial charge in [0.1, 0.15) is 17.2 Å². The molecule has 5 nitrogen and oxygen atoms in total. The van der Waals surface area contributed by atoms with Crippen LogP contribution in [0.25, 0.3) is 0 Å². The molecular formula is C21H25NO4. The second-order valence-electron chi connectivity index (χ2n) is 6.73. The third-order valence-corrected chi connectivity index (χ3v) is 4.55. The lowest BCUT2D eigenvalue weighted by Gasteiger charge is -2.17. The average Bonchev–Trinajstić information content (AvgIpc) is 2.92. The quantitative estimate of drug-likeness (QED) is 0.787. The lowest BCUT2D eigenvalue weighted by atomic mass is 10.0. The normalized spacial score (nSPS) is 13.2. The molecule has 2 aromatic rings. The zero-order chi connectivity index (χ0) is 18.8. The van der Waals surface area contributed by atoms with Gasteiger partial charge >= 0.3 is 0 Å². The fourth-order valence-electron chi connectivity index (χ4n) is 3.30. The van der Waals surface area contributed by atoms with Gasteiger partial charge in [0.2, 0.25) is 0 Å². The maximum Gasteiger partial charge on any atom is 0.255 e. The zero-order valence-electron chi connectivity index (χ0n) is 16.0. The summed E-state index contributed by atoms with van der Waals surface area (Å²) in [5.74, 6) is 2.25. The van der Waals surface area contributed by atoms with E-state index in [1.54, 1.807) is 14.2 Å². The molecule has 1 heterocycles. The second kappa shape index (κ2) is 7.28. The minimum absolute atomic E-state index is 0.00252. The maximum atomic E-state index is 12.9. The molecule has 1 aliphatic heterocycles. The smallest absolute Gasteiger partial charge is 0.255 e. The van der Waals surface area contributed by atoms with Gasteiger partial charge in [-0.25, -0.2) is 0 Å². The number of carbonyl (C=O) groups is 1. The molecule has 1 aliphatic rings. The Balaban J connectivity index is 1.89. The van der Waals surface area contributed by atoms with E-state index in [4.69, 9.17) is 14.2 Å². The monoisotopic (exact) mass is 355 g/mol. The van der Waals surface area contributed by atoms with Crippen molar-refractivity contribution in [2.75, 3.05) is 14.2 Å². The maximum absolute atomic E-state index is 12.9. The van der Waals surface area contributed by atoms with Gasteiger partial charge in [0, 0.05) is 17.7 Å². The van der Waals surface area contributed by atoms with Crippen molar-refractivity contribution in [2.24, 2.45) is 0 Å². The molecule has 0 spiro atoms. The Morgan fingerprint density at radius 3 is 2.38 bits per heavy atom. The minimum Gasteiger partial charge on any atom is -0.497 e. The van der Waals surface area contributed by atoms with Crippen molar-refractivity contribution in [3.8, 4) is 17.2 Å². The fourth-order valence-corrected chi connectivity index (χ4v) is 3.30. The molecule has 0 N–H and O–H groups in total. The molecule has 0 saturated heterocycles. The Morgan fingerprint density at radius 2 is 1.81 bits per heavy atom. The van der Waals surface area contributed by atoms with Crippen LogP contribution in [-0.2, 0) is 13.1 Å². The van der Waals surface area contributed by atoms with Gasteiger partial charge < -0.3 is 19.1 Å². The van der Waals surface area contributed by atoms with Crippen molar-refractivity contribution in [3.05, 3.63) is 52.6 Å². The van der Waals surface area contributed by atoms with Crippen molar-refractivity contribution in [2.45, 2.75) is 40.0 Å². The Labute approximate surface area is 154 Å². The van der Waals surface area contributed by atoms with Gasteiger partial charge in [0.25, 0.3) is 5.91 Å². The van der Waals surface area contributed by atoms with Gasteiger partial charge in [-0.3, -0.25) is 4.79 Å². The van der Waals surface area contributed by atoms with Crippen LogP contribution in [0, 0.1) is 6.92 Å². The molecule has 26 heavy (non-hydrogen) atoms. The van der Waals surface area contributed by atoms with E-state index in [0.717, 1.165) is 28.2 Å². The second-order valence-corrected chi connectivity index (χ2v) is 6.73. The van der Waals surface area contributed by atoms with Gasteiger partial charge in [-0.05, 0) is 44.5 Å². The number of rotatable bonds is 6. The van der Waals surface area contributed by atoms with Crippen LogP contribution in [0.4, 0.5) is 0 Å². The molecule has 0 fully saturated rings. The first-order chi connectivity index (χ1) is 12.4. The molecule has 0 bridgehead atoms. The number of benzene rings is 2. The summed E-state index contributed by atoms with van der Waals surface area (Å²) < 4.78 is 16.7. The summed E-state index contributed by atoms with van der Waals surface area (Å²) in [6.45, 7) is 6.98. The summed E-state index contributed by atoms with van der Waals surface area (Å²) in [7, 11) is 3.28. The summed E-state index contributed by atoms with van der Waals surface area (Å²) in [5.41, 5.74) is 3.58. The topological polar surface area (TPSA) is 48.0 Å². The van der Waals surface area contributed by atoms with Gasteiger partial charge in [0.15, 0.2) is 0 Å². The van der Waals surface area contributed by atoms with Gasteiger partial charge in [-0.15, -0.1) is 0 Å². The number of nitrogens with zero attached hydrogens (tertiary/aromatic N) is 1. The zero-order valence-corrected chi connectivity index (χ0v) is 16.0. The number of ether oxygens (including phenoxy) is 3. The van der Waals surface area contributed by atoms with Gasteiger partial charge in [-0.2, -0.15) is 0 Å². The first kappa shape index (κ1) is 18.1. The molecule has 0 saturated carbocycles. The van der Waals surface area contributed by atoms with Crippen molar-refractivity contribution >= 4 is 5.91 Å². The third kappa shape index (κ3) is 3.34. The first-order valence-corrected chi connectivity index (χ1v) is 8.74. The lowest BCUT2D eigenvalue weighted by molar-refractivity contribution is 0.0766. The predicted octanol–water partition coefficient (Wildman–Crippen LogP) is 3.96. The van der Waals surface area contributed by atoms with E-state index >= 15 is 0 Å². The molecule has 0 radical (unpaired) electrons. The highest BCUT2D eigenvalue weighted by atomic mass is 16.5. The molecule has 2 aromatic carbocycles. The van der Waals surface area contributed by atoms with E-state index in [1.165, 1.54) is 0 Å². The predicted molar refractivity (Wildman–Crippen MR) is 100 cm³/mol. The SMILES string of the molecule is COc1ccc(CN2Cc3c(cc(OC(C)C)c(C)c3OC)C2=O)cc1. The number of fused-ring (bicyclic) bond motifs is 1. The average molecular weight is 355 g/mol. The van der Waals surface area contributed by atoms with E-state index in [2.05, 4.69) is 0 Å². The van der Waals surface area contributed by atoms with E-state index in [0.29, 0.717) is 24.4 Å². The third-order valence-electron chi connectivity index (χ3n) is 4.55. The van der Waals surface area contributed by atoms with Crippen molar-refractivity contribution in [1.82, 2.24) is 4.90 Å². The largest absolute Gasteiger partial charge is 0.497 e. The number of amides is 1. The Kier molecular flexibility index (Phi) is 5.07. The van der Waals surface area contributed by atoms with E-state index in [-0.39, 0.29) is 12.0 Å². The van der Waals surface area contributed by atoms with Crippen LogP contribution in [-0.4, -0.2) is 31.1 Å². The van der Waals surface area contributed by atoms with Crippen LogP contribution < -0.4 is 14.2 Å². The highest BCUT2D eigenvalue weighted by Crippen LogP contribution is 2.40. The summed E-state index contributed by atoms with van der Waals surface area (Å²) >= 11 is 0. The Hall–Kier alpha value is -2.69. The van der Waals surface area contributed by atoms with Crippen LogP contribution in [0.5, 0.6) is 17.2 Å². The minimum atomic E-state index is 0.00252. The van der Waals surface area contributed by atoms with Gasteiger partial charge in [-0.1, -0.05) is 12.1 Å². The number of hydrogen-bond acceptors (Lipinski definition) is 4. The summed E-state index contributed by atoms with van der Waals surface area (Å²) in [6, 6.07) is 9.62. The van der Waals surface area contributed by atoms with Crippen molar-refractivity contribution in [1.29, 1.82) is 0 Å². The van der Waals surface area contributed by atoms with Gasteiger partial charge in [0.05, 0.1) is 32.4 Å². The molecule has 1 amide bonds. The summed E-state index contributed by atoms with van der Waals surface area (Å²) in [6.07, 6.45) is 0.0309. The van der Waals surface area contributed by atoms with E-state index in [9.17, 15) is 4.79 Å². The fraction of sp³-hybridized carbons (Fsp3) is 0.381. The highest BCUT2D eigenvalue weighted by molar-refractivity contribution is 6.00. The molecular weight excluding hydrogens is 330 g/mol. The summed E-state index contributed by atoms with van der Waals surface area (Å²) in [4.78, 5) is 14.8. The first-order valence-electron chi connectivity index (χ1n) is 8.74.